The van der Waals surface area contributed by atoms with E-state index in [4.69, 9.17) is 4.74 Å². The molecule has 132 valence electrons. The number of thiazole rings is 1. The summed E-state index contributed by atoms with van der Waals surface area (Å²) in [6, 6.07) is 0. The topological polar surface area (TPSA) is 89.0 Å². The van der Waals surface area contributed by atoms with Gasteiger partial charge in [0, 0.05) is 26.2 Å². The molecule has 0 bridgehead atoms. The molecule has 0 aliphatic carbocycles. The van der Waals surface area contributed by atoms with Crippen LogP contribution < -0.4 is 0 Å². The van der Waals surface area contributed by atoms with Gasteiger partial charge in [0.25, 0.3) is 5.91 Å². The van der Waals surface area contributed by atoms with E-state index in [9.17, 15) is 14.4 Å². The van der Waals surface area contributed by atoms with Gasteiger partial charge in [-0.3, -0.25) is 4.79 Å². The summed E-state index contributed by atoms with van der Waals surface area (Å²) in [4.78, 5) is 43.3. The van der Waals surface area contributed by atoms with Crippen molar-refractivity contribution in [3.8, 4) is 0 Å². The maximum absolute atomic E-state index is 12.4. The maximum atomic E-state index is 12.4. The van der Waals surface area contributed by atoms with Crippen molar-refractivity contribution in [1.29, 1.82) is 0 Å². The molecule has 1 saturated heterocycles. The molecule has 0 unspecified atom stereocenters. The maximum Gasteiger partial charge on any atom is 0.410 e. The van der Waals surface area contributed by atoms with Gasteiger partial charge in [-0.15, -0.1) is 11.3 Å². The molecule has 0 saturated carbocycles. The Morgan fingerprint density at radius 2 is 1.71 bits per heavy atom. The molecule has 0 N–H and O–H groups in total. The first-order valence-electron chi connectivity index (χ1n) is 7.52. The largest absolute Gasteiger partial charge is 0.465 e. The third-order valence-corrected chi connectivity index (χ3v) is 4.26. The molecule has 24 heavy (non-hydrogen) atoms. The molecule has 0 atom stereocenters. The number of hydrogen-bond donors (Lipinski definition) is 0. The van der Waals surface area contributed by atoms with Gasteiger partial charge < -0.3 is 19.3 Å². The highest BCUT2D eigenvalue weighted by Gasteiger charge is 2.29. The first kappa shape index (κ1) is 18.2. The Morgan fingerprint density at radius 3 is 2.25 bits per heavy atom. The summed E-state index contributed by atoms with van der Waals surface area (Å²) in [7, 11) is 1.28. The van der Waals surface area contributed by atoms with E-state index in [-0.39, 0.29) is 21.9 Å². The highest BCUT2D eigenvalue weighted by molar-refractivity contribution is 7.15. The zero-order valence-corrected chi connectivity index (χ0v) is 15.0. The lowest BCUT2D eigenvalue weighted by molar-refractivity contribution is 0.0141. The van der Waals surface area contributed by atoms with Crippen LogP contribution in [0.2, 0.25) is 0 Å². The van der Waals surface area contributed by atoms with Crippen LogP contribution >= 0.6 is 11.3 Å². The summed E-state index contributed by atoms with van der Waals surface area (Å²) in [5.74, 6) is -0.764. The lowest BCUT2D eigenvalue weighted by atomic mass is 10.2. The Kier molecular flexibility index (Phi) is 5.43. The summed E-state index contributed by atoms with van der Waals surface area (Å²) < 4.78 is 9.92. The van der Waals surface area contributed by atoms with Gasteiger partial charge in [0.1, 0.15) is 10.5 Å². The lowest BCUT2D eigenvalue weighted by Crippen LogP contribution is -2.51. The fraction of sp³-hybridized carbons (Fsp3) is 0.600. The number of amides is 2. The minimum absolute atomic E-state index is 0.237. The average molecular weight is 355 g/mol. The fourth-order valence-electron chi connectivity index (χ4n) is 2.12. The van der Waals surface area contributed by atoms with Crippen LogP contribution in [0.25, 0.3) is 0 Å². The predicted molar refractivity (Wildman–Crippen MR) is 87.2 cm³/mol. The second-order valence-corrected chi connectivity index (χ2v) is 7.31. The molecule has 1 fully saturated rings. The van der Waals surface area contributed by atoms with Gasteiger partial charge in [0.2, 0.25) is 0 Å². The van der Waals surface area contributed by atoms with E-state index >= 15 is 0 Å². The Labute approximate surface area is 144 Å². The minimum atomic E-state index is -0.546. The normalized spacial score (nSPS) is 15.2. The van der Waals surface area contributed by atoms with Gasteiger partial charge in [-0.1, -0.05) is 0 Å². The molecule has 0 spiro atoms. The Morgan fingerprint density at radius 1 is 1.12 bits per heavy atom. The second-order valence-electron chi connectivity index (χ2n) is 6.28. The van der Waals surface area contributed by atoms with Crippen molar-refractivity contribution >= 4 is 29.3 Å². The van der Waals surface area contributed by atoms with Crippen molar-refractivity contribution < 1.29 is 23.9 Å². The van der Waals surface area contributed by atoms with Crippen LogP contribution in [-0.2, 0) is 9.47 Å². The molecule has 8 nitrogen and oxygen atoms in total. The third-order valence-electron chi connectivity index (χ3n) is 3.29. The van der Waals surface area contributed by atoms with E-state index in [0.29, 0.717) is 26.2 Å². The van der Waals surface area contributed by atoms with Crippen molar-refractivity contribution in [3.63, 3.8) is 0 Å². The first-order chi connectivity index (χ1) is 11.2. The van der Waals surface area contributed by atoms with Crippen LogP contribution in [-0.4, -0.2) is 71.6 Å². The molecule has 1 aromatic rings. The molecule has 1 aliphatic rings. The van der Waals surface area contributed by atoms with Crippen molar-refractivity contribution in [1.82, 2.24) is 14.8 Å². The highest BCUT2D eigenvalue weighted by Crippen LogP contribution is 2.18. The van der Waals surface area contributed by atoms with Crippen LogP contribution in [0.15, 0.2) is 6.20 Å². The number of carbonyl (C=O) groups excluding carboxylic acids is 3. The number of ether oxygens (including phenoxy) is 2. The molecular weight excluding hydrogens is 334 g/mol. The van der Waals surface area contributed by atoms with E-state index in [1.165, 1.54) is 13.3 Å². The molecule has 1 aromatic heterocycles. The van der Waals surface area contributed by atoms with E-state index in [1.807, 2.05) is 20.8 Å². The van der Waals surface area contributed by atoms with E-state index in [0.717, 1.165) is 11.3 Å². The number of aromatic nitrogens is 1. The monoisotopic (exact) mass is 355 g/mol. The summed E-state index contributed by atoms with van der Waals surface area (Å²) in [5.41, 5.74) is -0.546. The van der Waals surface area contributed by atoms with Crippen LogP contribution in [0.3, 0.4) is 0 Å². The van der Waals surface area contributed by atoms with Gasteiger partial charge >= 0.3 is 12.1 Å². The number of methoxy groups -OCH3 is 1. The average Bonchev–Trinajstić information content (AvgIpc) is 3.02. The van der Waals surface area contributed by atoms with Gasteiger partial charge in [-0.25, -0.2) is 14.6 Å². The summed E-state index contributed by atoms with van der Waals surface area (Å²) in [6.07, 6.45) is 0.956. The number of rotatable bonds is 2. The predicted octanol–water partition coefficient (Wildman–Crippen LogP) is 1.62. The smallest absolute Gasteiger partial charge is 0.410 e. The van der Waals surface area contributed by atoms with Crippen molar-refractivity contribution in [2.24, 2.45) is 0 Å². The van der Waals surface area contributed by atoms with Crippen molar-refractivity contribution in [3.05, 3.63) is 16.1 Å². The molecule has 2 rings (SSSR count). The molecule has 0 aromatic carbocycles. The number of nitrogens with zero attached hydrogens (tertiary/aromatic N) is 3. The van der Waals surface area contributed by atoms with Gasteiger partial charge in [-0.2, -0.15) is 0 Å². The zero-order valence-electron chi connectivity index (χ0n) is 14.2. The molecular formula is C15H21N3O5S. The number of piperazine rings is 1. The second kappa shape index (κ2) is 7.16. The van der Waals surface area contributed by atoms with E-state index in [2.05, 4.69) is 9.72 Å². The molecule has 2 amide bonds. The highest BCUT2D eigenvalue weighted by atomic mass is 32.1. The number of esters is 1. The van der Waals surface area contributed by atoms with Crippen molar-refractivity contribution in [2.75, 3.05) is 33.3 Å². The summed E-state index contributed by atoms with van der Waals surface area (Å²) in [5, 5.41) is 0.237. The molecule has 1 aliphatic heterocycles. The quantitative estimate of drug-likeness (QED) is 0.749. The van der Waals surface area contributed by atoms with Crippen LogP contribution in [0.4, 0.5) is 4.79 Å². The number of hydrogen-bond acceptors (Lipinski definition) is 7. The van der Waals surface area contributed by atoms with Crippen LogP contribution in [0, 0.1) is 0 Å². The van der Waals surface area contributed by atoms with Gasteiger partial charge in [0.05, 0.1) is 13.3 Å². The molecule has 2 heterocycles. The Balaban J connectivity index is 1.92. The Hall–Kier alpha value is -2.16. The SMILES string of the molecule is COC(=O)c1cnc(C(=O)N2CCN(C(=O)OC(C)(C)C)CC2)s1. The van der Waals surface area contributed by atoms with E-state index < -0.39 is 11.6 Å². The third kappa shape index (κ3) is 4.44. The zero-order chi connectivity index (χ0) is 17.9. The van der Waals surface area contributed by atoms with Crippen LogP contribution in [0.5, 0.6) is 0 Å². The lowest BCUT2D eigenvalue weighted by Gasteiger charge is -2.35. The molecule has 9 heteroatoms. The summed E-state index contributed by atoms with van der Waals surface area (Å²) in [6.45, 7) is 7.02. The minimum Gasteiger partial charge on any atom is -0.465 e. The number of carbonyl (C=O) groups is 3. The van der Waals surface area contributed by atoms with Crippen LogP contribution in [0.1, 0.15) is 40.2 Å². The van der Waals surface area contributed by atoms with Gasteiger partial charge in [-0.05, 0) is 20.8 Å². The van der Waals surface area contributed by atoms with Gasteiger partial charge in [0.15, 0.2) is 5.01 Å². The Bertz CT molecular complexity index is 629. The fourth-order valence-corrected chi connectivity index (χ4v) is 2.92. The summed E-state index contributed by atoms with van der Waals surface area (Å²) >= 11 is 1.00. The van der Waals surface area contributed by atoms with Crippen molar-refractivity contribution in [2.45, 2.75) is 26.4 Å². The standard InChI is InChI=1S/C15H21N3O5S/c1-15(2,3)23-14(21)18-7-5-17(6-8-18)12(19)11-16-9-10(24-11)13(20)22-4/h9H,5-8H2,1-4H3. The molecule has 0 radical (unpaired) electrons. The van der Waals surface area contributed by atoms with E-state index in [1.54, 1.807) is 9.80 Å². The first-order valence-corrected chi connectivity index (χ1v) is 8.34.